The molecule has 0 fully saturated rings. The number of fused-ring (bicyclic) bond motifs is 4. The molecule has 3 aliphatic heterocycles. The highest BCUT2D eigenvalue weighted by molar-refractivity contribution is 6.31. The van der Waals surface area contributed by atoms with Crippen LogP contribution in [-0.2, 0) is 0 Å². The quantitative estimate of drug-likeness (QED) is 0.761. The summed E-state index contributed by atoms with van der Waals surface area (Å²) in [5.74, 6) is 3.39. The number of hydrogen-bond donors (Lipinski definition) is 1. The molecule has 4 heterocycles. The van der Waals surface area contributed by atoms with Crippen molar-refractivity contribution in [3.63, 3.8) is 0 Å². The Balaban J connectivity index is 1.64. The lowest BCUT2D eigenvalue weighted by Crippen LogP contribution is -2.43. The van der Waals surface area contributed by atoms with Gasteiger partial charge >= 0.3 is 0 Å². The minimum Gasteiger partial charge on any atom is -0.491 e. The van der Waals surface area contributed by atoms with Gasteiger partial charge in [0, 0.05) is 11.6 Å². The van der Waals surface area contributed by atoms with Crippen LogP contribution in [0, 0.1) is 0 Å². The summed E-state index contributed by atoms with van der Waals surface area (Å²) in [6.07, 6.45) is 6.01. The van der Waals surface area contributed by atoms with E-state index in [9.17, 15) is 0 Å². The zero-order valence-corrected chi connectivity index (χ0v) is 15.0. The number of nitrogens with one attached hydrogen (secondary N) is 1. The molecular weight excluding hydrogens is 352 g/mol. The molecule has 2 aromatic rings. The van der Waals surface area contributed by atoms with Gasteiger partial charge in [-0.15, -0.1) is 0 Å². The molecule has 26 heavy (non-hydrogen) atoms. The lowest BCUT2D eigenvalue weighted by molar-refractivity contribution is 0.305. The summed E-state index contributed by atoms with van der Waals surface area (Å²) in [4.78, 5) is 13.7. The standard InChI is InChI=1S/C18H19ClN6O/c19-12-5-6-14-13(9-12)25-18-16-17(21-11-22-18)24(25)10-15(23-16)20-7-3-1-2-4-8-26-14/h5-6,9,11H,1-4,7-8,10H2,(H,20,23). The molecule has 0 unspecified atom stereocenters. The fourth-order valence-electron chi connectivity index (χ4n) is 3.59. The van der Waals surface area contributed by atoms with Crippen LogP contribution in [0.5, 0.6) is 5.75 Å². The SMILES string of the molecule is Clc1ccc2c(c1)N1c3ncnc4c3NC(=NCCCCCCO2)CN41. The van der Waals surface area contributed by atoms with Crippen molar-refractivity contribution in [2.45, 2.75) is 25.7 Å². The van der Waals surface area contributed by atoms with Crippen LogP contribution in [0.1, 0.15) is 25.7 Å². The Morgan fingerprint density at radius 1 is 1.08 bits per heavy atom. The number of anilines is 4. The molecule has 0 aliphatic carbocycles. The summed E-state index contributed by atoms with van der Waals surface area (Å²) in [6, 6.07) is 5.70. The number of aromatic nitrogens is 2. The summed E-state index contributed by atoms with van der Waals surface area (Å²) in [6.45, 7) is 2.13. The zero-order valence-electron chi connectivity index (χ0n) is 14.3. The van der Waals surface area contributed by atoms with Crippen LogP contribution in [0.3, 0.4) is 0 Å². The predicted octanol–water partition coefficient (Wildman–Crippen LogP) is 3.78. The van der Waals surface area contributed by atoms with E-state index in [1.807, 2.05) is 23.2 Å². The van der Waals surface area contributed by atoms with Gasteiger partial charge in [-0.1, -0.05) is 18.0 Å². The van der Waals surface area contributed by atoms with E-state index in [4.69, 9.17) is 21.3 Å². The number of rotatable bonds is 0. The van der Waals surface area contributed by atoms with Crippen molar-refractivity contribution in [1.29, 1.82) is 0 Å². The number of nitrogens with zero attached hydrogens (tertiary/aromatic N) is 5. The van der Waals surface area contributed by atoms with Gasteiger partial charge in [0.2, 0.25) is 0 Å². The molecule has 1 aromatic carbocycles. The third-order valence-corrected chi connectivity index (χ3v) is 5.06. The van der Waals surface area contributed by atoms with Crippen molar-refractivity contribution in [3.05, 3.63) is 29.5 Å². The second kappa shape index (κ2) is 6.32. The van der Waals surface area contributed by atoms with Crippen LogP contribution in [0.25, 0.3) is 0 Å². The molecule has 0 saturated carbocycles. The summed E-state index contributed by atoms with van der Waals surface area (Å²) in [7, 11) is 0. The molecule has 134 valence electrons. The largest absolute Gasteiger partial charge is 0.491 e. The Morgan fingerprint density at radius 3 is 2.92 bits per heavy atom. The molecule has 1 aromatic heterocycles. The Morgan fingerprint density at radius 2 is 1.96 bits per heavy atom. The minimum absolute atomic E-state index is 0.612. The summed E-state index contributed by atoms with van der Waals surface area (Å²) in [5, 5.41) is 8.18. The van der Waals surface area contributed by atoms with E-state index in [0.717, 1.165) is 66.8 Å². The Kier molecular flexibility index (Phi) is 3.81. The summed E-state index contributed by atoms with van der Waals surface area (Å²) >= 11 is 6.31. The first-order valence-corrected chi connectivity index (χ1v) is 9.34. The number of hydrazine groups is 1. The second-order valence-corrected chi connectivity index (χ2v) is 7.03. The topological polar surface area (TPSA) is 65.9 Å². The molecule has 0 atom stereocenters. The lowest BCUT2D eigenvalue weighted by Gasteiger charge is -2.32. The third kappa shape index (κ3) is 2.54. The van der Waals surface area contributed by atoms with E-state index in [0.29, 0.717) is 18.2 Å². The van der Waals surface area contributed by atoms with Crippen LogP contribution in [-0.4, -0.2) is 35.5 Å². The van der Waals surface area contributed by atoms with Gasteiger partial charge in [0.25, 0.3) is 0 Å². The maximum absolute atomic E-state index is 6.31. The van der Waals surface area contributed by atoms with Crippen molar-refractivity contribution in [3.8, 4) is 5.75 Å². The Bertz CT molecular complexity index is 886. The summed E-state index contributed by atoms with van der Waals surface area (Å²) < 4.78 is 6.10. The number of aliphatic imine (C=N–C) groups is 1. The second-order valence-electron chi connectivity index (χ2n) is 6.59. The van der Waals surface area contributed by atoms with Crippen LogP contribution >= 0.6 is 11.6 Å². The van der Waals surface area contributed by atoms with Crippen LogP contribution in [0.2, 0.25) is 5.02 Å². The van der Waals surface area contributed by atoms with Crippen molar-refractivity contribution in [2.75, 3.05) is 35.0 Å². The van der Waals surface area contributed by atoms with Gasteiger partial charge in [0.05, 0.1) is 13.2 Å². The molecule has 0 saturated heterocycles. The highest BCUT2D eigenvalue weighted by Gasteiger charge is 2.40. The Labute approximate surface area is 156 Å². The fourth-order valence-corrected chi connectivity index (χ4v) is 3.76. The normalized spacial score (nSPS) is 18.6. The maximum atomic E-state index is 6.31. The smallest absolute Gasteiger partial charge is 0.181 e. The van der Waals surface area contributed by atoms with Gasteiger partial charge in [-0.25, -0.2) is 15.0 Å². The number of benzene rings is 1. The fraction of sp³-hybridized carbons (Fsp3) is 0.389. The first kappa shape index (κ1) is 15.7. The molecule has 5 rings (SSSR count). The Hall–Kier alpha value is -2.54. The molecule has 7 nitrogen and oxygen atoms in total. The van der Waals surface area contributed by atoms with Gasteiger partial charge in [0.1, 0.15) is 29.3 Å². The molecular formula is C18H19ClN6O. The van der Waals surface area contributed by atoms with E-state index in [1.54, 1.807) is 6.33 Å². The minimum atomic E-state index is 0.612. The van der Waals surface area contributed by atoms with E-state index >= 15 is 0 Å². The highest BCUT2D eigenvalue weighted by atomic mass is 35.5. The monoisotopic (exact) mass is 370 g/mol. The predicted molar refractivity (Wildman–Crippen MR) is 103 cm³/mol. The van der Waals surface area contributed by atoms with Gasteiger partial charge < -0.3 is 10.1 Å². The van der Waals surface area contributed by atoms with E-state index in [2.05, 4.69) is 20.3 Å². The third-order valence-electron chi connectivity index (χ3n) is 4.82. The van der Waals surface area contributed by atoms with Gasteiger partial charge in [-0.3, -0.25) is 10.0 Å². The highest BCUT2D eigenvalue weighted by Crippen LogP contribution is 2.49. The molecule has 1 N–H and O–H groups in total. The van der Waals surface area contributed by atoms with E-state index in [-0.39, 0.29) is 0 Å². The lowest BCUT2D eigenvalue weighted by atomic mass is 10.2. The van der Waals surface area contributed by atoms with Gasteiger partial charge in [0.15, 0.2) is 11.6 Å². The van der Waals surface area contributed by atoms with Crippen LogP contribution in [0.4, 0.5) is 23.0 Å². The number of hydrogen-bond acceptors (Lipinski definition) is 7. The molecule has 0 radical (unpaired) electrons. The first-order valence-electron chi connectivity index (χ1n) is 8.96. The molecule has 0 amide bonds. The van der Waals surface area contributed by atoms with E-state index in [1.165, 1.54) is 0 Å². The van der Waals surface area contributed by atoms with E-state index < -0.39 is 0 Å². The molecule has 3 aliphatic rings. The van der Waals surface area contributed by atoms with Gasteiger partial charge in [-0.2, -0.15) is 0 Å². The van der Waals surface area contributed by atoms with Crippen molar-refractivity contribution in [2.24, 2.45) is 4.99 Å². The molecule has 8 heteroatoms. The molecule has 5 bridgehead atoms. The average molecular weight is 371 g/mol. The first-order chi connectivity index (χ1) is 12.8. The van der Waals surface area contributed by atoms with Crippen molar-refractivity contribution < 1.29 is 4.74 Å². The van der Waals surface area contributed by atoms with Crippen LogP contribution < -0.4 is 20.1 Å². The van der Waals surface area contributed by atoms with Gasteiger partial charge in [-0.05, 0) is 37.5 Å². The maximum Gasteiger partial charge on any atom is 0.181 e. The molecule has 0 spiro atoms. The summed E-state index contributed by atoms with van der Waals surface area (Å²) in [5.41, 5.74) is 1.76. The number of ether oxygens (including phenoxy) is 1. The average Bonchev–Trinajstić information content (AvgIpc) is 2.79. The number of amidine groups is 1. The van der Waals surface area contributed by atoms with Crippen molar-refractivity contribution >= 4 is 40.4 Å². The zero-order chi connectivity index (χ0) is 17.5. The van der Waals surface area contributed by atoms with Crippen molar-refractivity contribution in [1.82, 2.24) is 9.97 Å². The van der Waals surface area contributed by atoms with Crippen LogP contribution in [0.15, 0.2) is 29.5 Å². The number of halogens is 1.